The molecule has 0 fully saturated rings. The van der Waals surface area contributed by atoms with Gasteiger partial charge < -0.3 is 14.2 Å². The summed E-state index contributed by atoms with van der Waals surface area (Å²) < 4.78 is 17.4. The normalized spacial score (nSPS) is 12.7. The highest BCUT2D eigenvalue weighted by atomic mass is 16.6. The summed E-state index contributed by atoms with van der Waals surface area (Å²) >= 11 is 0. The minimum Gasteiger partial charge on any atom is -0.462 e. The van der Waals surface area contributed by atoms with E-state index in [4.69, 9.17) is 14.2 Å². The lowest BCUT2D eigenvalue weighted by atomic mass is 10.1. The molecule has 1 unspecified atom stereocenters. The zero-order valence-electron chi connectivity index (χ0n) is 40.0. The third-order valence-corrected chi connectivity index (χ3v) is 11.0. The van der Waals surface area contributed by atoms with Crippen LogP contribution in [-0.4, -0.2) is 37.9 Å². The van der Waals surface area contributed by atoms with E-state index in [1.54, 1.807) is 0 Å². The van der Waals surface area contributed by atoms with Crippen LogP contribution in [0.2, 0.25) is 0 Å². The van der Waals surface area contributed by atoms with E-state index in [1.165, 1.54) is 148 Å². The molecule has 0 aliphatic heterocycles. The molecule has 0 saturated heterocycles. The highest BCUT2D eigenvalue weighted by molar-refractivity contribution is 5.70. The predicted octanol–water partition coefficient (Wildman–Crippen LogP) is 17.3. The number of esters is 2. The number of carbonyl (C=O) groups is 2. The van der Waals surface area contributed by atoms with Crippen LogP contribution in [-0.2, 0) is 23.8 Å². The smallest absolute Gasteiger partial charge is 0.306 e. The molecule has 0 rings (SSSR count). The monoisotopic (exact) mass is 839 g/mol. The van der Waals surface area contributed by atoms with E-state index in [1.807, 2.05) is 0 Å². The summed E-state index contributed by atoms with van der Waals surface area (Å²) in [6.07, 6.45) is 63.7. The Morgan fingerprint density at radius 2 is 0.750 bits per heavy atom. The summed E-state index contributed by atoms with van der Waals surface area (Å²) in [4.78, 5) is 25.4. The maximum absolute atomic E-state index is 12.8. The Labute approximate surface area is 373 Å². The van der Waals surface area contributed by atoms with Crippen molar-refractivity contribution in [3.63, 3.8) is 0 Å². The molecular formula is C55H98O5. The van der Waals surface area contributed by atoms with Gasteiger partial charge in [-0.15, -0.1) is 0 Å². The lowest BCUT2D eigenvalue weighted by Crippen LogP contribution is -2.30. The van der Waals surface area contributed by atoms with Crippen molar-refractivity contribution in [2.45, 2.75) is 258 Å². The maximum atomic E-state index is 12.8. The van der Waals surface area contributed by atoms with Crippen molar-refractivity contribution >= 4 is 11.9 Å². The molecule has 0 aromatic heterocycles. The minimum absolute atomic E-state index is 0.0752. The average molecular weight is 839 g/mol. The van der Waals surface area contributed by atoms with Gasteiger partial charge in [0, 0.05) is 19.4 Å². The second kappa shape index (κ2) is 51.0. The van der Waals surface area contributed by atoms with Crippen LogP contribution < -0.4 is 0 Å². The maximum Gasteiger partial charge on any atom is 0.306 e. The van der Waals surface area contributed by atoms with Gasteiger partial charge in [-0.2, -0.15) is 0 Å². The molecule has 5 nitrogen and oxygen atoms in total. The molecule has 0 radical (unpaired) electrons. The Bertz CT molecular complexity index is 1040. The largest absolute Gasteiger partial charge is 0.462 e. The van der Waals surface area contributed by atoms with Gasteiger partial charge in [0.25, 0.3) is 0 Å². The Kier molecular flexibility index (Phi) is 48.9. The SMILES string of the molecule is CC/C=C\C/C=C\C/C=C\CCCCCCOCC(COC(=O)CCCCCCCCCCC/C=C\C/C=C\CCCCC)OC(=O)CCCCCCCCCCCCC. The van der Waals surface area contributed by atoms with Gasteiger partial charge in [-0.3, -0.25) is 9.59 Å². The number of rotatable bonds is 47. The van der Waals surface area contributed by atoms with Crippen molar-refractivity contribution in [2.24, 2.45) is 0 Å². The van der Waals surface area contributed by atoms with Crippen molar-refractivity contribution in [2.75, 3.05) is 19.8 Å². The van der Waals surface area contributed by atoms with E-state index < -0.39 is 6.10 Å². The first-order chi connectivity index (χ1) is 29.6. The van der Waals surface area contributed by atoms with Gasteiger partial charge in [0.05, 0.1) is 6.61 Å². The molecule has 0 aliphatic carbocycles. The highest BCUT2D eigenvalue weighted by Gasteiger charge is 2.17. The number of hydrogen-bond acceptors (Lipinski definition) is 5. The number of carbonyl (C=O) groups excluding carboxylic acids is 2. The third kappa shape index (κ3) is 48.3. The third-order valence-electron chi connectivity index (χ3n) is 11.0. The Balaban J connectivity index is 4.23. The molecule has 1 atom stereocenters. The van der Waals surface area contributed by atoms with Gasteiger partial charge >= 0.3 is 11.9 Å². The van der Waals surface area contributed by atoms with Crippen molar-refractivity contribution < 1.29 is 23.8 Å². The molecule has 0 N–H and O–H groups in total. The molecule has 0 aliphatic rings. The summed E-state index contributed by atoms with van der Waals surface area (Å²) in [6, 6.07) is 0. The van der Waals surface area contributed by atoms with Gasteiger partial charge in [0.1, 0.15) is 6.61 Å². The Morgan fingerprint density at radius 3 is 1.23 bits per heavy atom. The first-order valence-corrected chi connectivity index (χ1v) is 25.8. The molecule has 5 heteroatoms. The van der Waals surface area contributed by atoms with Crippen LogP contribution in [0.3, 0.4) is 0 Å². The number of hydrogen-bond donors (Lipinski definition) is 0. The van der Waals surface area contributed by atoms with Crippen molar-refractivity contribution in [1.29, 1.82) is 0 Å². The lowest BCUT2D eigenvalue weighted by Gasteiger charge is -2.18. The Hall–Kier alpha value is -2.40. The van der Waals surface area contributed by atoms with Crippen molar-refractivity contribution in [1.82, 2.24) is 0 Å². The van der Waals surface area contributed by atoms with E-state index in [0.717, 1.165) is 70.6 Å². The molecule has 0 saturated carbocycles. The van der Waals surface area contributed by atoms with Gasteiger partial charge in [0.15, 0.2) is 6.10 Å². The highest BCUT2D eigenvalue weighted by Crippen LogP contribution is 2.15. The summed E-state index contributed by atoms with van der Waals surface area (Å²) in [6.45, 7) is 7.65. The molecule has 0 heterocycles. The van der Waals surface area contributed by atoms with E-state index >= 15 is 0 Å². The van der Waals surface area contributed by atoms with Gasteiger partial charge in [-0.05, 0) is 83.5 Å². The summed E-state index contributed by atoms with van der Waals surface area (Å²) in [5, 5.41) is 0. The fourth-order valence-electron chi connectivity index (χ4n) is 7.20. The second-order valence-corrected chi connectivity index (χ2v) is 17.0. The standard InChI is InChI=1S/C55H98O5/c1-4-7-10-13-16-19-22-24-26-27-28-29-30-31-34-36-39-42-45-48-54(56)59-52-53(60-55(57)49-46-43-40-37-33-21-18-15-12-9-6-3)51-58-50-47-44-41-38-35-32-25-23-20-17-14-11-8-5-2/h8,11,16-17,19-20,24-26,32,53H,4-7,9-10,12-15,18,21-23,27-31,33-52H2,1-3H3/b11-8-,19-16-,20-17-,26-24-,32-25-. The predicted molar refractivity (Wildman–Crippen MR) is 261 cm³/mol. The van der Waals surface area contributed by atoms with E-state index in [0.29, 0.717) is 19.4 Å². The van der Waals surface area contributed by atoms with Crippen LogP contribution in [0, 0.1) is 0 Å². The van der Waals surface area contributed by atoms with Gasteiger partial charge in [-0.1, -0.05) is 216 Å². The Morgan fingerprint density at radius 1 is 0.383 bits per heavy atom. The second-order valence-electron chi connectivity index (χ2n) is 17.0. The molecule has 0 amide bonds. The van der Waals surface area contributed by atoms with Gasteiger partial charge in [0.2, 0.25) is 0 Å². The zero-order valence-corrected chi connectivity index (χ0v) is 40.0. The molecule has 0 bridgehead atoms. The summed E-state index contributed by atoms with van der Waals surface area (Å²) in [5.41, 5.74) is 0. The van der Waals surface area contributed by atoms with Crippen molar-refractivity contribution in [3.05, 3.63) is 60.8 Å². The lowest BCUT2D eigenvalue weighted by molar-refractivity contribution is -0.163. The van der Waals surface area contributed by atoms with Crippen LogP contribution in [0.5, 0.6) is 0 Å². The van der Waals surface area contributed by atoms with E-state index in [9.17, 15) is 9.59 Å². The molecule has 348 valence electrons. The number of ether oxygens (including phenoxy) is 3. The van der Waals surface area contributed by atoms with Crippen LogP contribution >= 0.6 is 0 Å². The molecule has 60 heavy (non-hydrogen) atoms. The van der Waals surface area contributed by atoms with Crippen LogP contribution in [0.1, 0.15) is 252 Å². The van der Waals surface area contributed by atoms with Crippen LogP contribution in [0.15, 0.2) is 60.8 Å². The minimum atomic E-state index is -0.547. The quantitative estimate of drug-likeness (QED) is 0.0347. The number of allylic oxidation sites excluding steroid dienone is 10. The van der Waals surface area contributed by atoms with Gasteiger partial charge in [-0.25, -0.2) is 0 Å². The molecule has 0 spiro atoms. The topological polar surface area (TPSA) is 61.8 Å². The first kappa shape index (κ1) is 57.6. The molecule has 0 aromatic carbocycles. The van der Waals surface area contributed by atoms with E-state index in [2.05, 4.69) is 81.5 Å². The van der Waals surface area contributed by atoms with Crippen LogP contribution in [0.4, 0.5) is 0 Å². The number of unbranched alkanes of at least 4 members (excludes halogenated alkanes) is 26. The van der Waals surface area contributed by atoms with Crippen molar-refractivity contribution in [3.8, 4) is 0 Å². The average Bonchev–Trinajstić information content (AvgIpc) is 3.25. The molecule has 0 aromatic rings. The fourth-order valence-corrected chi connectivity index (χ4v) is 7.20. The van der Waals surface area contributed by atoms with E-state index in [-0.39, 0.29) is 25.2 Å². The van der Waals surface area contributed by atoms with Crippen LogP contribution in [0.25, 0.3) is 0 Å². The summed E-state index contributed by atoms with van der Waals surface area (Å²) in [7, 11) is 0. The first-order valence-electron chi connectivity index (χ1n) is 25.8. The fraction of sp³-hybridized carbons (Fsp3) is 0.782. The summed E-state index contributed by atoms with van der Waals surface area (Å²) in [5.74, 6) is -0.409. The molecular weight excluding hydrogens is 741 g/mol. The zero-order chi connectivity index (χ0) is 43.5.